The second-order valence-electron chi connectivity index (χ2n) is 5.90. The number of halogens is 1. The summed E-state index contributed by atoms with van der Waals surface area (Å²) in [7, 11) is 0. The highest BCUT2D eigenvalue weighted by molar-refractivity contribution is 8.00. The molecule has 0 aromatic heterocycles. The summed E-state index contributed by atoms with van der Waals surface area (Å²) < 4.78 is 0. The largest absolute Gasteiger partial charge is 0.300 e. The number of amides is 2. The van der Waals surface area contributed by atoms with Gasteiger partial charge in [0, 0.05) is 22.0 Å². The first-order chi connectivity index (χ1) is 13.0. The molecular formula is C20H24ClN3O2S. The maximum Gasteiger partial charge on any atom is 0.269 e. The van der Waals surface area contributed by atoms with Crippen molar-refractivity contribution >= 4 is 35.2 Å². The van der Waals surface area contributed by atoms with E-state index in [0.29, 0.717) is 10.6 Å². The van der Waals surface area contributed by atoms with Crippen molar-refractivity contribution in [3.8, 4) is 0 Å². The number of hydrazine groups is 1. The van der Waals surface area contributed by atoms with E-state index in [1.54, 1.807) is 24.3 Å². The van der Waals surface area contributed by atoms with Gasteiger partial charge in [-0.3, -0.25) is 25.3 Å². The van der Waals surface area contributed by atoms with Crippen LogP contribution in [0.1, 0.15) is 29.8 Å². The Morgan fingerprint density at radius 1 is 0.963 bits per heavy atom. The molecule has 0 radical (unpaired) electrons. The van der Waals surface area contributed by atoms with Crippen LogP contribution in [-0.4, -0.2) is 35.6 Å². The van der Waals surface area contributed by atoms with E-state index in [1.165, 1.54) is 11.8 Å². The molecule has 0 heterocycles. The van der Waals surface area contributed by atoms with Crippen molar-refractivity contribution in [3.63, 3.8) is 0 Å². The second kappa shape index (κ2) is 11.0. The van der Waals surface area contributed by atoms with E-state index in [-0.39, 0.29) is 17.6 Å². The van der Waals surface area contributed by atoms with E-state index in [0.717, 1.165) is 30.1 Å². The molecule has 7 heteroatoms. The summed E-state index contributed by atoms with van der Waals surface area (Å²) in [4.78, 5) is 27.3. The first-order valence-corrected chi connectivity index (χ1v) is 10.2. The van der Waals surface area contributed by atoms with Gasteiger partial charge >= 0.3 is 0 Å². The number of nitrogens with one attached hydrogen (secondary N) is 2. The third-order valence-electron chi connectivity index (χ3n) is 4.02. The molecule has 27 heavy (non-hydrogen) atoms. The molecule has 2 rings (SSSR count). The fraction of sp³-hybridized carbons (Fsp3) is 0.300. The van der Waals surface area contributed by atoms with E-state index in [9.17, 15) is 9.59 Å². The third kappa shape index (κ3) is 7.25. The zero-order valence-electron chi connectivity index (χ0n) is 15.5. The highest BCUT2D eigenvalue weighted by Crippen LogP contribution is 2.19. The zero-order chi connectivity index (χ0) is 19.6. The number of rotatable bonds is 8. The number of nitrogens with zero attached hydrogens (tertiary/aromatic N) is 1. The molecule has 5 nitrogen and oxygen atoms in total. The Morgan fingerprint density at radius 2 is 1.59 bits per heavy atom. The van der Waals surface area contributed by atoms with E-state index in [4.69, 9.17) is 11.6 Å². The lowest BCUT2D eigenvalue weighted by atomic mass is 10.1. The molecule has 2 aromatic carbocycles. The van der Waals surface area contributed by atoms with Crippen molar-refractivity contribution in [3.05, 3.63) is 64.7 Å². The molecule has 2 N–H and O–H groups in total. The smallest absolute Gasteiger partial charge is 0.269 e. The van der Waals surface area contributed by atoms with Crippen LogP contribution in [0.15, 0.2) is 53.4 Å². The molecule has 0 saturated heterocycles. The molecule has 0 unspecified atom stereocenters. The van der Waals surface area contributed by atoms with Crippen molar-refractivity contribution in [2.75, 3.05) is 18.8 Å². The first kappa shape index (κ1) is 21.3. The average Bonchev–Trinajstić information content (AvgIpc) is 2.70. The standard InChI is InChI=1S/C20H24ClN3O2S/c1-3-24(4-2)13-15-5-7-16(8-6-15)20(26)23-22-19(25)14-27-18-11-9-17(21)10-12-18/h5-12H,3-4,13-14H2,1-2H3,(H,22,25)(H,23,26). The van der Waals surface area contributed by atoms with Crippen molar-refractivity contribution < 1.29 is 9.59 Å². The highest BCUT2D eigenvalue weighted by Gasteiger charge is 2.09. The van der Waals surface area contributed by atoms with Crippen molar-refractivity contribution in [1.82, 2.24) is 15.8 Å². The van der Waals surface area contributed by atoms with Crippen LogP contribution in [0.2, 0.25) is 5.02 Å². The number of carbonyl (C=O) groups is 2. The lowest BCUT2D eigenvalue weighted by Gasteiger charge is -2.18. The molecule has 0 bridgehead atoms. The Hall–Kier alpha value is -2.02. The van der Waals surface area contributed by atoms with Gasteiger partial charge in [-0.05, 0) is 55.1 Å². The molecule has 0 spiro atoms. The van der Waals surface area contributed by atoms with Crippen LogP contribution in [0.25, 0.3) is 0 Å². The van der Waals surface area contributed by atoms with Gasteiger partial charge in [0.15, 0.2) is 0 Å². The molecule has 144 valence electrons. The molecule has 0 saturated carbocycles. The lowest BCUT2D eigenvalue weighted by Crippen LogP contribution is -2.42. The minimum Gasteiger partial charge on any atom is -0.300 e. The fourth-order valence-electron chi connectivity index (χ4n) is 2.38. The predicted octanol–water partition coefficient (Wildman–Crippen LogP) is 3.74. The van der Waals surface area contributed by atoms with E-state index < -0.39 is 0 Å². The number of hydrogen-bond donors (Lipinski definition) is 2. The number of carbonyl (C=O) groups excluding carboxylic acids is 2. The van der Waals surface area contributed by atoms with Gasteiger partial charge in [0.25, 0.3) is 5.91 Å². The van der Waals surface area contributed by atoms with E-state index >= 15 is 0 Å². The van der Waals surface area contributed by atoms with Crippen LogP contribution in [0.5, 0.6) is 0 Å². The van der Waals surface area contributed by atoms with Gasteiger partial charge in [0.05, 0.1) is 5.75 Å². The van der Waals surface area contributed by atoms with Gasteiger partial charge in [0.1, 0.15) is 0 Å². The van der Waals surface area contributed by atoms with Gasteiger partial charge < -0.3 is 0 Å². The quantitative estimate of drug-likeness (QED) is 0.519. The molecule has 0 fully saturated rings. The van der Waals surface area contributed by atoms with E-state index in [2.05, 4.69) is 29.6 Å². The van der Waals surface area contributed by atoms with Crippen LogP contribution in [0.4, 0.5) is 0 Å². The third-order valence-corrected chi connectivity index (χ3v) is 5.28. The molecular weight excluding hydrogens is 382 g/mol. The molecule has 0 aliphatic rings. The van der Waals surface area contributed by atoms with Crippen LogP contribution in [-0.2, 0) is 11.3 Å². The Balaban J connectivity index is 1.77. The van der Waals surface area contributed by atoms with Crippen LogP contribution >= 0.6 is 23.4 Å². The van der Waals surface area contributed by atoms with Crippen molar-refractivity contribution in [2.24, 2.45) is 0 Å². The van der Waals surface area contributed by atoms with Gasteiger partial charge in [-0.25, -0.2) is 0 Å². The van der Waals surface area contributed by atoms with Gasteiger partial charge in [-0.1, -0.05) is 37.6 Å². The van der Waals surface area contributed by atoms with Crippen LogP contribution in [0, 0.1) is 0 Å². The molecule has 2 aromatic rings. The minimum absolute atomic E-state index is 0.199. The van der Waals surface area contributed by atoms with Crippen LogP contribution < -0.4 is 10.9 Å². The fourth-order valence-corrected chi connectivity index (χ4v) is 3.21. The van der Waals surface area contributed by atoms with E-state index in [1.807, 2.05) is 24.3 Å². The number of hydrogen-bond acceptors (Lipinski definition) is 4. The van der Waals surface area contributed by atoms with Crippen LogP contribution in [0.3, 0.4) is 0 Å². The summed E-state index contributed by atoms with van der Waals surface area (Å²) in [5, 5.41) is 0.652. The number of thioether (sulfide) groups is 1. The number of benzene rings is 2. The molecule has 0 aliphatic carbocycles. The predicted molar refractivity (Wildman–Crippen MR) is 111 cm³/mol. The normalized spacial score (nSPS) is 10.7. The SMILES string of the molecule is CCN(CC)Cc1ccc(C(=O)NNC(=O)CSc2ccc(Cl)cc2)cc1. The van der Waals surface area contributed by atoms with Gasteiger partial charge in [0.2, 0.25) is 5.91 Å². The molecule has 2 amide bonds. The zero-order valence-corrected chi connectivity index (χ0v) is 17.1. The summed E-state index contributed by atoms with van der Waals surface area (Å²) in [6.07, 6.45) is 0. The Morgan fingerprint density at radius 3 is 2.19 bits per heavy atom. The lowest BCUT2D eigenvalue weighted by molar-refractivity contribution is -0.119. The molecule has 0 aliphatic heterocycles. The van der Waals surface area contributed by atoms with Crippen molar-refractivity contribution in [1.29, 1.82) is 0 Å². The monoisotopic (exact) mass is 405 g/mol. The van der Waals surface area contributed by atoms with Gasteiger partial charge in [-0.2, -0.15) is 0 Å². The first-order valence-electron chi connectivity index (χ1n) is 8.80. The summed E-state index contributed by atoms with van der Waals surface area (Å²) in [5.41, 5.74) is 6.53. The maximum atomic E-state index is 12.1. The second-order valence-corrected chi connectivity index (χ2v) is 7.39. The summed E-state index contributed by atoms with van der Waals surface area (Å²) >= 11 is 7.20. The maximum absolute atomic E-state index is 12.1. The highest BCUT2D eigenvalue weighted by atomic mass is 35.5. The molecule has 0 atom stereocenters. The minimum atomic E-state index is -0.339. The Bertz CT molecular complexity index is 747. The summed E-state index contributed by atoms with van der Waals surface area (Å²) in [6, 6.07) is 14.6. The Labute approximate surface area is 169 Å². The topological polar surface area (TPSA) is 61.4 Å². The average molecular weight is 406 g/mol. The summed E-state index contributed by atoms with van der Waals surface area (Å²) in [5.74, 6) is -0.416. The van der Waals surface area contributed by atoms with Crippen molar-refractivity contribution in [2.45, 2.75) is 25.3 Å². The Kier molecular flexibility index (Phi) is 8.64. The summed E-state index contributed by atoms with van der Waals surface area (Å²) in [6.45, 7) is 7.07. The van der Waals surface area contributed by atoms with Gasteiger partial charge in [-0.15, -0.1) is 11.8 Å².